The Morgan fingerprint density at radius 1 is 0.750 bits per heavy atom. The largest absolute Gasteiger partial charge is 0.445 e. The number of benzene rings is 2. The minimum absolute atomic E-state index is 0.119. The number of hydroxylamine groups is 2. The van der Waals surface area contributed by atoms with Crippen LogP contribution in [0.25, 0.3) is 0 Å². The summed E-state index contributed by atoms with van der Waals surface area (Å²) in [6.45, 7) is 0.404. The van der Waals surface area contributed by atoms with Gasteiger partial charge in [-0.15, -0.1) is 0 Å². The molecule has 44 heavy (non-hydrogen) atoms. The summed E-state index contributed by atoms with van der Waals surface area (Å²) in [7, 11) is 2.98. The van der Waals surface area contributed by atoms with Gasteiger partial charge in [0.15, 0.2) is 0 Å². The van der Waals surface area contributed by atoms with Crippen molar-refractivity contribution in [3.05, 3.63) is 71.8 Å². The van der Waals surface area contributed by atoms with Crippen LogP contribution in [0.1, 0.15) is 75.3 Å². The lowest BCUT2D eigenvalue weighted by Crippen LogP contribution is -2.51. The van der Waals surface area contributed by atoms with Gasteiger partial charge in [0.05, 0.1) is 13.2 Å². The van der Waals surface area contributed by atoms with Crippen LogP contribution in [0.5, 0.6) is 0 Å². The number of hydrogen-bond acceptors (Lipinski definition) is 7. The molecule has 10 heteroatoms. The number of nitrogens with zero attached hydrogens (tertiary/aromatic N) is 1. The standard InChI is InChI=1S/C18H26N2O4.C16H21NO3/c1-20(23-2)17(21)16(15-11-7-4-8-12-15)19-18(22)24-13-14-9-5-3-6-10-14;18-11-15(14-9-5-2-6-10-14)17-16(19)20-12-13-7-3-1-4-8-13/h3,5-6,9-10,15-16H,4,7-8,11-13H2,1-2H3,(H,19,22);1,3-4,7-8,11,14-15H,2,5-6,9-10,12H2,(H,17,19)/t16-;15-/m10/s1. The van der Waals surface area contributed by atoms with E-state index >= 15 is 0 Å². The summed E-state index contributed by atoms with van der Waals surface area (Å²) >= 11 is 0. The van der Waals surface area contributed by atoms with E-state index in [1.807, 2.05) is 60.7 Å². The zero-order valence-electron chi connectivity index (χ0n) is 26.0. The number of rotatable bonds is 11. The van der Waals surface area contributed by atoms with Crippen LogP contribution >= 0.6 is 0 Å². The Kier molecular flexibility index (Phi) is 15.2. The van der Waals surface area contributed by atoms with Gasteiger partial charge in [-0.05, 0) is 48.6 Å². The van der Waals surface area contributed by atoms with E-state index in [0.717, 1.165) is 73.8 Å². The van der Waals surface area contributed by atoms with Gasteiger partial charge in [-0.3, -0.25) is 9.63 Å². The molecular formula is C34H47N3O7. The topological polar surface area (TPSA) is 123 Å². The summed E-state index contributed by atoms with van der Waals surface area (Å²) in [5.41, 5.74) is 1.84. The lowest BCUT2D eigenvalue weighted by Gasteiger charge is -2.31. The monoisotopic (exact) mass is 609 g/mol. The van der Waals surface area contributed by atoms with Crippen molar-refractivity contribution in [1.82, 2.24) is 15.7 Å². The van der Waals surface area contributed by atoms with E-state index in [2.05, 4.69) is 10.6 Å². The molecule has 10 nitrogen and oxygen atoms in total. The molecule has 0 unspecified atom stereocenters. The first kappa shape index (κ1) is 34.6. The fourth-order valence-corrected chi connectivity index (χ4v) is 5.68. The number of ether oxygens (including phenoxy) is 2. The third kappa shape index (κ3) is 12.0. The minimum Gasteiger partial charge on any atom is -0.445 e. The number of nitrogens with one attached hydrogen (secondary N) is 2. The SMILES string of the molecule is CON(C)C(=O)[C@H](NC(=O)OCc1ccccc1)C1CCCCC1.O=C[C@H](NC(=O)OCc1ccccc1)C1CCCCC1. The number of carbonyl (C=O) groups excluding carboxylic acids is 4. The van der Waals surface area contributed by atoms with Gasteiger partial charge < -0.3 is 24.9 Å². The third-order valence-electron chi connectivity index (χ3n) is 8.26. The van der Waals surface area contributed by atoms with Crippen LogP contribution in [0.2, 0.25) is 0 Å². The van der Waals surface area contributed by atoms with Gasteiger partial charge in [0, 0.05) is 7.05 Å². The number of amides is 3. The highest BCUT2D eigenvalue weighted by Gasteiger charge is 2.33. The van der Waals surface area contributed by atoms with Crippen LogP contribution in [0.15, 0.2) is 60.7 Å². The van der Waals surface area contributed by atoms with Crippen LogP contribution in [0, 0.1) is 11.8 Å². The predicted octanol–water partition coefficient (Wildman–Crippen LogP) is 5.94. The molecule has 0 aliphatic heterocycles. The van der Waals surface area contributed by atoms with Crippen molar-refractivity contribution in [3.8, 4) is 0 Å². The number of likely N-dealkylation sites (N-methyl/N-ethyl adjacent to an activating group) is 1. The summed E-state index contributed by atoms with van der Waals surface area (Å²) in [5.74, 6) is 0.125. The second-order valence-corrected chi connectivity index (χ2v) is 11.4. The van der Waals surface area contributed by atoms with Gasteiger partial charge in [0.25, 0.3) is 5.91 Å². The van der Waals surface area contributed by atoms with Crippen molar-refractivity contribution in [2.24, 2.45) is 11.8 Å². The molecule has 2 aromatic carbocycles. The molecule has 0 aromatic heterocycles. The van der Waals surface area contributed by atoms with Crippen LogP contribution in [0.3, 0.4) is 0 Å². The second-order valence-electron chi connectivity index (χ2n) is 11.4. The predicted molar refractivity (Wildman–Crippen MR) is 166 cm³/mol. The Balaban J connectivity index is 0.000000244. The fourth-order valence-electron chi connectivity index (χ4n) is 5.68. The van der Waals surface area contributed by atoms with E-state index in [-0.39, 0.29) is 31.0 Å². The Bertz CT molecular complexity index is 1140. The van der Waals surface area contributed by atoms with Crippen LogP contribution < -0.4 is 10.6 Å². The normalized spacial score (nSPS) is 16.7. The van der Waals surface area contributed by atoms with E-state index in [1.54, 1.807) is 7.05 Å². The summed E-state index contributed by atoms with van der Waals surface area (Å²) in [6.07, 6.45) is 10.4. The molecule has 2 fully saturated rings. The molecule has 3 amide bonds. The molecule has 0 spiro atoms. The van der Waals surface area contributed by atoms with Crippen molar-refractivity contribution < 1.29 is 33.5 Å². The van der Waals surface area contributed by atoms with Gasteiger partial charge in [-0.25, -0.2) is 14.7 Å². The first-order valence-electron chi connectivity index (χ1n) is 15.6. The third-order valence-corrected chi connectivity index (χ3v) is 8.26. The number of aldehydes is 1. The lowest BCUT2D eigenvalue weighted by atomic mass is 9.83. The van der Waals surface area contributed by atoms with Gasteiger partial charge in [0.1, 0.15) is 25.5 Å². The van der Waals surface area contributed by atoms with Crippen molar-refractivity contribution in [1.29, 1.82) is 0 Å². The first-order chi connectivity index (χ1) is 21.4. The summed E-state index contributed by atoms with van der Waals surface area (Å²) in [4.78, 5) is 52.5. The molecule has 2 N–H and O–H groups in total. The first-order valence-corrected chi connectivity index (χ1v) is 15.6. The maximum Gasteiger partial charge on any atom is 0.408 e. The minimum atomic E-state index is -0.612. The van der Waals surface area contributed by atoms with Gasteiger partial charge in [0.2, 0.25) is 0 Å². The summed E-state index contributed by atoms with van der Waals surface area (Å²) in [5, 5.41) is 6.58. The van der Waals surface area contributed by atoms with Crippen molar-refractivity contribution in [2.45, 2.75) is 89.5 Å². The molecule has 0 saturated heterocycles. The van der Waals surface area contributed by atoms with Crippen LogP contribution in [-0.4, -0.2) is 55.7 Å². The van der Waals surface area contributed by atoms with Crippen molar-refractivity contribution in [2.75, 3.05) is 14.2 Å². The Morgan fingerprint density at radius 3 is 1.66 bits per heavy atom. The van der Waals surface area contributed by atoms with E-state index in [0.29, 0.717) is 0 Å². The number of hydrogen-bond donors (Lipinski definition) is 2. The molecule has 0 bridgehead atoms. The maximum absolute atomic E-state index is 12.5. The average molecular weight is 610 g/mol. The molecule has 4 rings (SSSR count). The van der Waals surface area contributed by atoms with Gasteiger partial charge in [-0.1, -0.05) is 99.2 Å². The van der Waals surface area contributed by atoms with E-state index in [1.165, 1.54) is 20.0 Å². The smallest absolute Gasteiger partial charge is 0.408 e. The molecule has 2 aliphatic rings. The molecule has 2 aromatic rings. The van der Waals surface area contributed by atoms with Gasteiger partial charge >= 0.3 is 12.2 Å². The number of alkyl carbamates (subject to hydrolysis) is 2. The van der Waals surface area contributed by atoms with Crippen molar-refractivity contribution in [3.63, 3.8) is 0 Å². The highest BCUT2D eigenvalue weighted by Crippen LogP contribution is 2.28. The van der Waals surface area contributed by atoms with Crippen LogP contribution in [-0.2, 0) is 37.1 Å². The highest BCUT2D eigenvalue weighted by molar-refractivity contribution is 5.85. The molecule has 0 heterocycles. The molecule has 0 radical (unpaired) electrons. The van der Waals surface area contributed by atoms with E-state index in [9.17, 15) is 19.2 Å². The molecular weight excluding hydrogens is 562 g/mol. The Morgan fingerprint density at radius 2 is 1.20 bits per heavy atom. The lowest BCUT2D eigenvalue weighted by molar-refractivity contribution is -0.172. The summed E-state index contributed by atoms with van der Waals surface area (Å²) < 4.78 is 10.4. The fraction of sp³-hybridized carbons (Fsp3) is 0.529. The second kappa shape index (κ2) is 19.4. The highest BCUT2D eigenvalue weighted by atomic mass is 16.7. The zero-order chi connectivity index (χ0) is 31.6. The Hall–Kier alpha value is -3.92. The average Bonchev–Trinajstić information content (AvgIpc) is 3.09. The molecule has 240 valence electrons. The maximum atomic E-state index is 12.5. The summed E-state index contributed by atoms with van der Waals surface area (Å²) in [6, 6.07) is 17.9. The van der Waals surface area contributed by atoms with Crippen molar-refractivity contribution >= 4 is 24.4 Å². The number of carbonyl (C=O) groups is 4. The Labute approximate surface area is 260 Å². The zero-order valence-corrected chi connectivity index (χ0v) is 26.0. The van der Waals surface area contributed by atoms with E-state index < -0.39 is 24.3 Å². The van der Waals surface area contributed by atoms with Gasteiger partial charge in [-0.2, -0.15) is 0 Å². The molecule has 2 aliphatic carbocycles. The molecule has 2 saturated carbocycles. The van der Waals surface area contributed by atoms with Crippen LogP contribution in [0.4, 0.5) is 9.59 Å². The quantitative estimate of drug-likeness (QED) is 0.239. The van der Waals surface area contributed by atoms with E-state index in [4.69, 9.17) is 14.3 Å². The molecule has 2 atom stereocenters.